The summed E-state index contributed by atoms with van der Waals surface area (Å²) in [6.07, 6.45) is 0.728. The number of nitrogens with zero attached hydrogens (tertiary/aromatic N) is 1. The van der Waals surface area contributed by atoms with Crippen molar-refractivity contribution in [3.05, 3.63) is 86.8 Å². The van der Waals surface area contributed by atoms with E-state index in [9.17, 15) is 14.4 Å². The van der Waals surface area contributed by atoms with E-state index in [2.05, 4.69) is 20.6 Å². The van der Waals surface area contributed by atoms with Gasteiger partial charge in [-0.15, -0.1) is 0 Å². The Balaban J connectivity index is 1.52. The fourth-order valence-corrected chi connectivity index (χ4v) is 4.24. The summed E-state index contributed by atoms with van der Waals surface area (Å²) in [7, 11) is 0. The van der Waals surface area contributed by atoms with Gasteiger partial charge in [0.05, 0.1) is 17.9 Å². The zero-order chi connectivity index (χ0) is 23.8. The number of amides is 2. The molecule has 7 nitrogen and oxygen atoms in total. The number of carbonyl (C=O) groups is 2. The Hall–Kier alpha value is -3.39. The van der Waals surface area contributed by atoms with E-state index in [1.807, 2.05) is 63.2 Å². The van der Waals surface area contributed by atoms with Gasteiger partial charge in [0.25, 0.3) is 5.56 Å². The summed E-state index contributed by atoms with van der Waals surface area (Å²) >= 11 is 1.12. The molecule has 0 atom stereocenters. The van der Waals surface area contributed by atoms with Gasteiger partial charge in [-0.1, -0.05) is 59.8 Å². The molecule has 0 bridgehead atoms. The van der Waals surface area contributed by atoms with Crippen molar-refractivity contribution in [1.29, 1.82) is 0 Å². The van der Waals surface area contributed by atoms with Crippen molar-refractivity contribution in [1.82, 2.24) is 15.3 Å². The monoisotopic (exact) mass is 464 g/mol. The quantitative estimate of drug-likeness (QED) is 0.333. The molecule has 3 N–H and O–H groups in total. The number of aryl methyl sites for hydroxylation is 3. The van der Waals surface area contributed by atoms with E-state index < -0.39 is 0 Å². The van der Waals surface area contributed by atoms with Gasteiger partial charge in [-0.2, -0.15) is 0 Å². The molecule has 0 saturated carbocycles. The van der Waals surface area contributed by atoms with Crippen LogP contribution in [0.15, 0.2) is 58.5 Å². The number of H-pyrrole nitrogens is 1. The van der Waals surface area contributed by atoms with Gasteiger partial charge >= 0.3 is 0 Å². The second-order valence-electron chi connectivity index (χ2n) is 7.91. The molecule has 0 aliphatic rings. The lowest BCUT2D eigenvalue weighted by Crippen LogP contribution is -2.28. The maximum absolute atomic E-state index is 12.4. The zero-order valence-electron chi connectivity index (χ0n) is 19.0. The van der Waals surface area contributed by atoms with Gasteiger partial charge in [0.15, 0.2) is 5.16 Å². The summed E-state index contributed by atoms with van der Waals surface area (Å²) in [6, 6.07) is 15.2. The summed E-state index contributed by atoms with van der Waals surface area (Å²) in [6.45, 7) is 6.43. The van der Waals surface area contributed by atoms with Crippen molar-refractivity contribution >= 4 is 29.3 Å². The maximum Gasteiger partial charge on any atom is 0.251 e. The van der Waals surface area contributed by atoms with Crippen molar-refractivity contribution in [2.24, 2.45) is 0 Å². The van der Waals surface area contributed by atoms with Crippen LogP contribution in [0.1, 0.15) is 27.9 Å². The maximum atomic E-state index is 12.4. The second kappa shape index (κ2) is 11.5. The van der Waals surface area contributed by atoms with Crippen molar-refractivity contribution in [3.8, 4) is 0 Å². The molecular formula is C25H28N4O3S. The number of aromatic nitrogens is 2. The van der Waals surface area contributed by atoms with Crippen molar-refractivity contribution < 1.29 is 9.59 Å². The summed E-state index contributed by atoms with van der Waals surface area (Å²) < 4.78 is 0. The number of rotatable bonds is 9. The van der Waals surface area contributed by atoms with Gasteiger partial charge < -0.3 is 15.6 Å². The van der Waals surface area contributed by atoms with Crippen LogP contribution in [0.25, 0.3) is 0 Å². The molecule has 0 spiro atoms. The van der Waals surface area contributed by atoms with Crippen molar-refractivity contribution in [3.63, 3.8) is 0 Å². The number of benzene rings is 2. The molecule has 8 heteroatoms. The number of carbonyl (C=O) groups excluding carboxylic acids is 2. The fraction of sp³-hybridized carbons (Fsp3) is 0.280. The van der Waals surface area contributed by atoms with Crippen LogP contribution in [0.4, 0.5) is 5.69 Å². The zero-order valence-corrected chi connectivity index (χ0v) is 19.8. The summed E-state index contributed by atoms with van der Waals surface area (Å²) in [5.41, 5.74) is 5.08. The first kappa shape index (κ1) is 24.3. The molecule has 172 valence electrons. The molecule has 0 aliphatic carbocycles. The third kappa shape index (κ3) is 7.61. The van der Waals surface area contributed by atoms with Crippen LogP contribution in [0, 0.1) is 20.8 Å². The summed E-state index contributed by atoms with van der Waals surface area (Å²) in [5, 5.41) is 6.09. The third-order valence-corrected chi connectivity index (χ3v) is 5.85. The van der Waals surface area contributed by atoms with Crippen molar-refractivity contribution in [2.75, 3.05) is 17.6 Å². The Morgan fingerprint density at radius 1 is 1.00 bits per heavy atom. The molecule has 0 radical (unpaired) electrons. The Morgan fingerprint density at radius 3 is 2.39 bits per heavy atom. The number of thioether (sulfide) groups is 1. The number of nitrogens with one attached hydrogen (secondary N) is 3. The Kier molecular flexibility index (Phi) is 8.43. The van der Waals surface area contributed by atoms with E-state index in [1.165, 1.54) is 6.07 Å². The standard InChI is InChI=1S/C25H28N4O3S/c1-16-11-17(2)24(18(3)12-16)28-23(32)15-33-25-27-20(14-22(31)29-25)13-21(30)26-10-9-19-7-5-4-6-8-19/h4-8,11-12,14H,9-10,13,15H2,1-3H3,(H,26,30)(H,28,32)(H,27,29,31). The first-order valence-electron chi connectivity index (χ1n) is 10.7. The van der Waals surface area contributed by atoms with Gasteiger partial charge in [-0.25, -0.2) is 4.98 Å². The Bertz CT molecular complexity index is 1170. The molecule has 0 aliphatic heterocycles. The highest BCUT2D eigenvalue weighted by Gasteiger charge is 2.12. The average Bonchev–Trinajstić information content (AvgIpc) is 2.75. The lowest BCUT2D eigenvalue weighted by molar-refractivity contribution is -0.120. The van der Waals surface area contributed by atoms with E-state index >= 15 is 0 Å². The molecule has 0 fully saturated rings. The van der Waals surface area contributed by atoms with Crippen LogP contribution in [0.5, 0.6) is 0 Å². The van der Waals surface area contributed by atoms with E-state index in [0.717, 1.165) is 46.1 Å². The molecular weight excluding hydrogens is 436 g/mol. The Morgan fingerprint density at radius 2 is 1.70 bits per heavy atom. The lowest BCUT2D eigenvalue weighted by Gasteiger charge is -2.12. The number of hydrogen-bond acceptors (Lipinski definition) is 5. The normalized spacial score (nSPS) is 10.6. The van der Waals surface area contributed by atoms with Crippen LogP contribution >= 0.6 is 11.8 Å². The van der Waals surface area contributed by atoms with E-state index in [4.69, 9.17) is 0 Å². The highest BCUT2D eigenvalue weighted by atomic mass is 32.2. The first-order valence-corrected chi connectivity index (χ1v) is 11.7. The molecule has 1 aromatic heterocycles. The molecule has 2 amide bonds. The van der Waals surface area contributed by atoms with Crippen LogP contribution < -0.4 is 16.2 Å². The molecule has 3 rings (SSSR count). The third-order valence-electron chi connectivity index (χ3n) is 4.97. The largest absolute Gasteiger partial charge is 0.355 e. The van der Waals surface area contributed by atoms with E-state index in [0.29, 0.717) is 17.4 Å². The minimum Gasteiger partial charge on any atom is -0.355 e. The first-order chi connectivity index (χ1) is 15.8. The highest BCUT2D eigenvalue weighted by molar-refractivity contribution is 7.99. The number of aromatic amines is 1. The van der Waals surface area contributed by atoms with Gasteiger partial charge in [0.2, 0.25) is 11.8 Å². The predicted molar refractivity (Wildman–Crippen MR) is 132 cm³/mol. The highest BCUT2D eigenvalue weighted by Crippen LogP contribution is 2.22. The molecule has 0 saturated heterocycles. The molecule has 33 heavy (non-hydrogen) atoms. The van der Waals surface area contributed by atoms with Gasteiger partial charge in [-0.3, -0.25) is 14.4 Å². The van der Waals surface area contributed by atoms with Crippen LogP contribution in [-0.2, 0) is 22.4 Å². The second-order valence-corrected chi connectivity index (χ2v) is 8.88. The molecule has 3 aromatic rings. The van der Waals surface area contributed by atoms with E-state index in [1.54, 1.807) is 0 Å². The van der Waals surface area contributed by atoms with Crippen LogP contribution in [-0.4, -0.2) is 34.1 Å². The lowest BCUT2D eigenvalue weighted by atomic mass is 10.1. The molecule has 1 heterocycles. The number of anilines is 1. The minimum atomic E-state index is -0.356. The minimum absolute atomic E-state index is 0.000220. The Labute approximate surface area is 197 Å². The smallest absolute Gasteiger partial charge is 0.251 e. The van der Waals surface area contributed by atoms with E-state index in [-0.39, 0.29) is 29.5 Å². The summed E-state index contributed by atoms with van der Waals surface area (Å²) in [4.78, 5) is 43.6. The van der Waals surface area contributed by atoms with Crippen LogP contribution in [0.2, 0.25) is 0 Å². The summed E-state index contributed by atoms with van der Waals surface area (Å²) in [5.74, 6) is -0.313. The molecule has 2 aromatic carbocycles. The van der Waals surface area contributed by atoms with Crippen LogP contribution in [0.3, 0.4) is 0 Å². The predicted octanol–water partition coefficient (Wildman–Crippen LogP) is 3.33. The van der Waals surface area contributed by atoms with Gasteiger partial charge in [-0.05, 0) is 43.9 Å². The van der Waals surface area contributed by atoms with Crippen molar-refractivity contribution in [2.45, 2.75) is 38.8 Å². The fourth-order valence-electron chi connectivity index (χ4n) is 3.55. The topological polar surface area (TPSA) is 104 Å². The van der Waals surface area contributed by atoms with Gasteiger partial charge in [0.1, 0.15) is 0 Å². The van der Waals surface area contributed by atoms with Gasteiger partial charge in [0, 0.05) is 18.3 Å². The average molecular weight is 465 g/mol. The SMILES string of the molecule is Cc1cc(C)c(NC(=O)CSc2nc(CC(=O)NCCc3ccccc3)cc(=O)[nH]2)c(C)c1. The molecule has 0 unspecified atom stereocenters. The number of hydrogen-bond donors (Lipinski definition) is 3.